The van der Waals surface area contributed by atoms with Gasteiger partial charge in [-0.15, -0.1) is 0 Å². The molecule has 0 spiro atoms. The van der Waals surface area contributed by atoms with Crippen LogP contribution in [0.3, 0.4) is 0 Å². The third kappa shape index (κ3) is 5.19. The smallest absolute Gasteiger partial charge is 0.311 e. The van der Waals surface area contributed by atoms with E-state index < -0.39 is 18.6 Å². The predicted molar refractivity (Wildman–Crippen MR) is 59.3 cm³/mol. The molecule has 0 aromatic heterocycles. The van der Waals surface area contributed by atoms with Crippen LogP contribution in [0, 0.1) is 5.92 Å². The molecular weight excluding hydrogens is 215 g/mol. The van der Waals surface area contributed by atoms with Crippen molar-refractivity contribution in [1.29, 1.82) is 0 Å². The molecule has 4 heteroatoms. The highest BCUT2D eigenvalue weighted by atomic mass is 19.4. The average molecular weight is 237 g/mol. The van der Waals surface area contributed by atoms with E-state index in [-0.39, 0.29) is 6.04 Å². The first-order valence-electron chi connectivity index (χ1n) is 6.23. The van der Waals surface area contributed by atoms with Gasteiger partial charge in [0.2, 0.25) is 0 Å². The minimum atomic E-state index is -4.05. The Labute approximate surface area is 95.8 Å². The van der Waals surface area contributed by atoms with E-state index >= 15 is 0 Å². The molecule has 16 heavy (non-hydrogen) atoms. The van der Waals surface area contributed by atoms with Gasteiger partial charge >= 0.3 is 6.18 Å². The summed E-state index contributed by atoms with van der Waals surface area (Å²) in [4.78, 5) is 0. The Morgan fingerprint density at radius 3 is 2.56 bits per heavy atom. The van der Waals surface area contributed by atoms with Gasteiger partial charge in [0.05, 0.1) is 6.42 Å². The van der Waals surface area contributed by atoms with Crippen molar-refractivity contribution < 1.29 is 13.2 Å². The molecule has 1 N–H and O–H groups in total. The lowest BCUT2D eigenvalue weighted by Gasteiger charge is -2.31. The second-order valence-corrected chi connectivity index (χ2v) is 5.02. The summed E-state index contributed by atoms with van der Waals surface area (Å²) in [7, 11) is 0. The molecule has 1 fully saturated rings. The summed E-state index contributed by atoms with van der Waals surface area (Å²) in [5.74, 6) is 0.698. The summed E-state index contributed by atoms with van der Waals surface area (Å²) in [5.41, 5.74) is 0. The van der Waals surface area contributed by atoms with Crippen LogP contribution in [0.15, 0.2) is 0 Å². The summed E-state index contributed by atoms with van der Waals surface area (Å²) in [6.07, 6.45) is 0.825. The number of nitrogens with one attached hydrogen (secondary N) is 1. The zero-order valence-electron chi connectivity index (χ0n) is 10.1. The Balaban J connectivity index is 2.30. The van der Waals surface area contributed by atoms with E-state index in [2.05, 4.69) is 12.2 Å². The third-order valence-electron chi connectivity index (χ3n) is 3.42. The monoisotopic (exact) mass is 237 g/mol. The molecule has 1 aliphatic rings. The van der Waals surface area contributed by atoms with Gasteiger partial charge in [0.1, 0.15) is 0 Å². The molecule has 0 saturated heterocycles. The van der Waals surface area contributed by atoms with Gasteiger partial charge in [0, 0.05) is 12.1 Å². The SMILES string of the molecule is CCC1CCCC(NC(C)CC(F)(F)F)C1. The number of rotatable bonds is 4. The Kier molecular flexibility index (Phi) is 5.09. The largest absolute Gasteiger partial charge is 0.390 e. The van der Waals surface area contributed by atoms with Gasteiger partial charge in [-0.1, -0.05) is 26.2 Å². The van der Waals surface area contributed by atoms with E-state index in [0.717, 1.165) is 25.7 Å². The zero-order chi connectivity index (χ0) is 12.2. The zero-order valence-corrected chi connectivity index (χ0v) is 10.1. The average Bonchev–Trinajstić information content (AvgIpc) is 2.15. The number of halogens is 3. The van der Waals surface area contributed by atoms with Crippen molar-refractivity contribution in [3.05, 3.63) is 0 Å². The summed E-state index contributed by atoms with van der Waals surface area (Å²) in [6, 6.07) is -0.170. The van der Waals surface area contributed by atoms with Crippen LogP contribution >= 0.6 is 0 Å². The van der Waals surface area contributed by atoms with Crippen molar-refractivity contribution >= 4 is 0 Å². The first-order chi connectivity index (χ1) is 7.40. The first kappa shape index (κ1) is 13.8. The van der Waals surface area contributed by atoms with Crippen molar-refractivity contribution in [3.63, 3.8) is 0 Å². The van der Waals surface area contributed by atoms with Crippen molar-refractivity contribution in [1.82, 2.24) is 5.32 Å². The molecule has 1 nitrogen and oxygen atoms in total. The van der Waals surface area contributed by atoms with Gasteiger partial charge in [-0.2, -0.15) is 13.2 Å². The van der Waals surface area contributed by atoms with Crippen molar-refractivity contribution in [2.24, 2.45) is 5.92 Å². The second-order valence-electron chi connectivity index (χ2n) is 5.02. The van der Waals surface area contributed by atoms with Crippen molar-refractivity contribution in [3.8, 4) is 0 Å². The van der Waals surface area contributed by atoms with Gasteiger partial charge in [0.15, 0.2) is 0 Å². The normalized spacial score (nSPS) is 29.1. The minimum Gasteiger partial charge on any atom is -0.311 e. The Bertz CT molecular complexity index is 203. The van der Waals surface area contributed by atoms with Gasteiger partial charge in [-0.05, 0) is 25.7 Å². The highest BCUT2D eigenvalue weighted by Crippen LogP contribution is 2.28. The lowest BCUT2D eigenvalue weighted by molar-refractivity contribution is -0.139. The standard InChI is InChI=1S/C12H22F3N/c1-3-10-5-4-6-11(7-10)16-9(2)8-12(13,14)15/h9-11,16H,3-8H2,1-2H3. The minimum absolute atomic E-state index is 0.288. The van der Waals surface area contributed by atoms with E-state index in [9.17, 15) is 13.2 Å². The van der Waals surface area contributed by atoms with Gasteiger partial charge < -0.3 is 5.32 Å². The van der Waals surface area contributed by atoms with E-state index in [1.807, 2.05) is 0 Å². The maximum absolute atomic E-state index is 12.2. The fourth-order valence-corrected chi connectivity index (χ4v) is 2.62. The Hall–Kier alpha value is -0.250. The molecular formula is C12H22F3N. The Morgan fingerprint density at radius 1 is 1.31 bits per heavy atom. The topological polar surface area (TPSA) is 12.0 Å². The van der Waals surface area contributed by atoms with Crippen LogP contribution in [0.25, 0.3) is 0 Å². The summed E-state index contributed by atoms with van der Waals surface area (Å²) in [6.45, 7) is 3.79. The number of alkyl halides is 3. The van der Waals surface area contributed by atoms with E-state index in [4.69, 9.17) is 0 Å². The van der Waals surface area contributed by atoms with Gasteiger partial charge in [0.25, 0.3) is 0 Å². The number of hydrogen-bond acceptors (Lipinski definition) is 1. The first-order valence-corrected chi connectivity index (χ1v) is 6.23. The molecule has 3 atom stereocenters. The lowest BCUT2D eigenvalue weighted by atomic mass is 9.84. The maximum atomic E-state index is 12.2. The van der Waals surface area contributed by atoms with E-state index in [0.29, 0.717) is 5.92 Å². The molecule has 1 aliphatic carbocycles. The molecule has 0 amide bonds. The van der Waals surface area contributed by atoms with E-state index in [1.54, 1.807) is 6.92 Å². The molecule has 0 aliphatic heterocycles. The quantitative estimate of drug-likeness (QED) is 0.782. The molecule has 1 rings (SSSR count). The fourth-order valence-electron chi connectivity index (χ4n) is 2.62. The maximum Gasteiger partial charge on any atom is 0.390 e. The van der Waals surface area contributed by atoms with Crippen LogP contribution in [-0.2, 0) is 0 Å². The van der Waals surface area contributed by atoms with Crippen LogP contribution in [0.2, 0.25) is 0 Å². The molecule has 3 unspecified atom stereocenters. The van der Waals surface area contributed by atoms with Crippen LogP contribution in [-0.4, -0.2) is 18.3 Å². The van der Waals surface area contributed by atoms with Crippen LogP contribution in [0.4, 0.5) is 13.2 Å². The molecule has 1 saturated carbocycles. The molecule has 0 bridgehead atoms. The third-order valence-corrected chi connectivity index (χ3v) is 3.42. The Morgan fingerprint density at radius 2 is 2.00 bits per heavy atom. The molecule has 0 heterocycles. The second kappa shape index (κ2) is 5.89. The summed E-state index contributed by atoms with van der Waals surface area (Å²) >= 11 is 0. The van der Waals surface area contributed by atoms with Gasteiger partial charge in [-0.3, -0.25) is 0 Å². The molecule has 96 valence electrons. The van der Waals surface area contributed by atoms with Crippen LogP contribution in [0.5, 0.6) is 0 Å². The van der Waals surface area contributed by atoms with Crippen molar-refractivity contribution in [2.75, 3.05) is 0 Å². The van der Waals surface area contributed by atoms with Crippen LogP contribution in [0.1, 0.15) is 52.4 Å². The summed E-state index contributed by atoms with van der Waals surface area (Å²) < 4.78 is 36.5. The number of hydrogen-bond donors (Lipinski definition) is 1. The van der Waals surface area contributed by atoms with Crippen LogP contribution < -0.4 is 5.32 Å². The van der Waals surface area contributed by atoms with E-state index in [1.165, 1.54) is 6.42 Å². The highest BCUT2D eigenvalue weighted by Gasteiger charge is 2.31. The summed E-state index contributed by atoms with van der Waals surface area (Å²) in [5, 5.41) is 3.12. The molecule has 0 radical (unpaired) electrons. The van der Waals surface area contributed by atoms with Crippen molar-refractivity contribution in [2.45, 2.75) is 70.6 Å². The highest BCUT2D eigenvalue weighted by molar-refractivity contribution is 4.80. The fraction of sp³-hybridized carbons (Fsp3) is 1.00. The molecule has 0 aromatic rings. The molecule has 0 aromatic carbocycles. The lowest BCUT2D eigenvalue weighted by Crippen LogP contribution is -2.41. The van der Waals surface area contributed by atoms with Gasteiger partial charge in [-0.25, -0.2) is 0 Å². The predicted octanol–water partition coefficient (Wildman–Crippen LogP) is 3.89.